The molecule has 0 spiro atoms. The van der Waals surface area contributed by atoms with Crippen LogP contribution in [0.25, 0.3) is 0 Å². The van der Waals surface area contributed by atoms with Gasteiger partial charge in [-0.15, -0.1) is 0 Å². The topological polar surface area (TPSA) is 82.3 Å². The number of carboxylic acid groups (broad SMARTS) is 1. The van der Waals surface area contributed by atoms with Gasteiger partial charge in [0.05, 0.1) is 18.2 Å². The highest BCUT2D eigenvalue weighted by Gasteiger charge is 2.61. The van der Waals surface area contributed by atoms with Gasteiger partial charge in [0.1, 0.15) is 28.8 Å². The molecule has 0 aromatic heterocycles. The number of hydrogen-bond donors (Lipinski definition) is 2. The molecule has 0 bridgehead atoms. The van der Waals surface area contributed by atoms with Crippen molar-refractivity contribution in [3.8, 4) is 11.8 Å². The van der Waals surface area contributed by atoms with Gasteiger partial charge in [0.25, 0.3) is 0 Å². The average molecular weight is 573 g/mol. The van der Waals surface area contributed by atoms with Gasteiger partial charge in [0, 0.05) is 22.5 Å². The van der Waals surface area contributed by atoms with Crippen LogP contribution in [0.4, 0.5) is 8.78 Å². The first-order valence-electron chi connectivity index (χ1n) is 12.4. The van der Waals surface area contributed by atoms with E-state index in [1.54, 1.807) is 7.11 Å². The quantitative estimate of drug-likeness (QED) is 0.306. The van der Waals surface area contributed by atoms with Crippen LogP contribution in [-0.4, -0.2) is 30.3 Å². The maximum atomic E-state index is 15.6. The lowest BCUT2D eigenvalue weighted by Gasteiger charge is -2.38. The number of aliphatic carboxylic acids is 1. The Hall–Kier alpha value is -3.18. The summed E-state index contributed by atoms with van der Waals surface area (Å²) in [6.45, 7) is 3.98. The maximum Gasteiger partial charge on any atom is 0.321 e. The number of carbonyl (C=O) groups is 1. The molecule has 1 aliphatic rings. The van der Waals surface area contributed by atoms with E-state index in [2.05, 4.69) is 11.4 Å². The first kappa shape index (κ1) is 28.8. The summed E-state index contributed by atoms with van der Waals surface area (Å²) in [5, 5.41) is 24.0. The maximum absolute atomic E-state index is 15.6. The molecular formula is C30H28Cl2F2N2O3. The Labute approximate surface area is 236 Å². The third-order valence-electron chi connectivity index (χ3n) is 7.50. The predicted octanol–water partition coefficient (Wildman–Crippen LogP) is 6.91. The SMILES string of the molecule is COc1ccc(CC(C)(C)C[C@@H]2N[C@@H](C(=O)O)[C@H](c3cccc(Cl)c3F)[C@@]2(C#N)c2ccc(Cl)cc2F)cc1. The molecule has 4 atom stereocenters. The second-order valence-corrected chi connectivity index (χ2v) is 11.5. The Morgan fingerprint density at radius 3 is 2.44 bits per heavy atom. The van der Waals surface area contributed by atoms with Crippen LogP contribution in [0.1, 0.15) is 42.9 Å². The summed E-state index contributed by atoms with van der Waals surface area (Å²) < 4.78 is 36.3. The molecule has 1 saturated heterocycles. The molecule has 1 aliphatic heterocycles. The number of hydrogen-bond acceptors (Lipinski definition) is 4. The van der Waals surface area contributed by atoms with E-state index >= 15 is 8.78 Å². The van der Waals surface area contributed by atoms with Crippen molar-refractivity contribution in [1.29, 1.82) is 5.26 Å². The van der Waals surface area contributed by atoms with Crippen molar-refractivity contribution in [1.82, 2.24) is 5.32 Å². The number of rotatable bonds is 8. The third kappa shape index (κ3) is 5.47. The van der Waals surface area contributed by atoms with Gasteiger partial charge in [0.15, 0.2) is 0 Å². The Morgan fingerprint density at radius 1 is 1.15 bits per heavy atom. The first-order valence-corrected chi connectivity index (χ1v) is 13.1. The molecule has 3 aromatic rings. The molecule has 0 saturated carbocycles. The van der Waals surface area contributed by atoms with E-state index in [0.29, 0.717) is 12.2 Å². The fourth-order valence-electron chi connectivity index (χ4n) is 5.85. The van der Waals surface area contributed by atoms with Gasteiger partial charge in [-0.3, -0.25) is 10.1 Å². The summed E-state index contributed by atoms with van der Waals surface area (Å²) in [4.78, 5) is 12.6. The zero-order valence-corrected chi connectivity index (χ0v) is 23.2. The molecule has 4 rings (SSSR count). The van der Waals surface area contributed by atoms with Gasteiger partial charge >= 0.3 is 5.97 Å². The second kappa shape index (κ2) is 11.1. The second-order valence-electron chi connectivity index (χ2n) is 10.7. The molecule has 3 aromatic carbocycles. The normalized spacial score (nSPS) is 22.9. The minimum atomic E-state index is -1.81. The third-order valence-corrected chi connectivity index (χ3v) is 8.02. The summed E-state index contributed by atoms with van der Waals surface area (Å²) in [5.74, 6) is -3.49. The highest BCUT2D eigenvalue weighted by molar-refractivity contribution is 6.31. The molecule has 9 heteroatoms. The standard InChI is InChI=1S/C30H28Cl2F2N2O3/c1-29(2,14-17-7-10-19(39-3)11-8-17)15-24-30(16-35,21-12-9-18(31)13-23(21)33)25(27(36-24)28(37)38)20-5-4-6-22(32)26(20)34/h4-13,24-25,27,36H,14-15H2,1-3H3,(H,37,38)/t24-,25-,27+,30-/m0/s1. The summed E-state index contributed by atoms with van der Waals surface area (Å²) in [7, 11) is 1.58. The number of halogens is 4. The van der Waals surface area contributed by atoms with Gasteiger partial charge in [-0.1, -0.05) is 67.4 Å². The van der Waals surface area contributed by atoms with Gasteiger partial charge in [-0.05, 0) is 59.7 Å². The highest BCUT2D eigenvalue weighted by Crippen LogP contribution is 2.53. The number of benzene rings is 3. The molecule has 204 valence electrons. The summed E-state index contributed by atoms with van der Waals surface area (Å²) >= 11 is 12.1. The smallest absolute Gasteiger partial charge is 0.321 e. The van der Waals surface area contributed by atoms with Crippen molar-refractivity contribution < 1.29 is 23.4 Å². The predicted molar refractivity (Wildman–Crippen MR) is 146 cm³/mol. The van der Waals surface area contributed by atoms with Crippen molar-refractivity contribution in [3.05, 3.63) is 99.0 Å². The van der Waals surface area contributed by atoms with Crippen molar-refractivity contribution in [2.75, 3.05) is 7.11 Å². The highest BCUT2D eigenvalue weighted by atomic mass is 35.5. The molecule has 0 radical (unpaired) electrons. The molecule has 2 N–H and O–H groups in total. The van der Waals surface area contributed by atoms with Crippen LogP contribution in [0.15, 0.2) is 60.7 Å². The van der Waals surface area contributed by atoms with Crippen LogP contribution in [0.3, 0.4) is 0 Å². The molecule has 0 amide bonds. The Balaban J connectivity index is 1.87. The molecule has 0 aliphatic carbocycles. The Morgan fingerprint density at radius 2 is 1.85 bits per heavy atom. The van der Waals surface area contributed by atoms with E-state index in [0.717, 1.165) is 11.6 Å². The van der Waals surface area contributed by atoms with E-state index in [1.165, 1.54) is 30.3 Å². The zero-order chi connectivity index (χ0) is 28.5. The van der Waals surface area contributed by atoms with Crippen LogP contribution in [0.2, 0.25) is 10.0 Å². The van der Waals surface area contributed by atoms with Gasteiger partial charge in [-0.25, -0.2) is 8.78 Å². The van der Waals surface area contributed by atoms with Gasteiger partial charge < -0.3 is 9.84 Å². The molecule has 1 fully saturated rings. The minimum absolute atomic E-state index is 0.0553. The van der Waals surface area contributed by atoms with E-state index < -0.39 is 46.4 Å². The fraction of sp³-hybridized carbons (Fsp3) is 0.333. The van der Waals surface area contributed by atoms with Crippen LogP contribution in [0.5, 0.6) is 5.75 Å². The van der Waals surface area contributed by atoms with Crippen LogP contribution in [-0.2, 0) is 16.6 Å². The summed E-state index contributed by atoms with van der Waals surface area (Å²) in [5.41, 5.74) is -1.41. The number of nitrogens with one attached hydrogen (secondary N) is 1. The lowest BCUT2D eigenvalue weighted by Crippen LogP contribution is -2.45. The number of methoxy groups -OCH3 is 1. The van der Waals surface area contributed by atoms with E-state index in [4.69, 9.17) is 27.9 Å². The lowest BCUT2D eigenvalue weighted by atomic mass is 9.62. The van der Waals surface area contributed by atoms with E-state index in [9.17, 15) is 15.2 Å². The zero-order valence-electron chi connectivity index (χ0n) is 21.6. The molecule has 1 heterocycles. The fourth-order valence-corrected chi connectivity index (χ4v) is 6.19. The molecular weight excluding hydrogens is 545 g/mol. The number of nitriles is 1. The largest absolute Gasteiger partial charge is 0.497 e. The van der Waals surface area contributed by atoms with Gasteiger partial charge in [0.2, 0.25) is 0 Å². The van der Waals surface area contributed by atoms with E-state index in [-0.39, 0.29) is 27.6 Å². The van der Waals surface area contributed by atoms with Crippen LogP contribution < -0.4 is 10.1 Å². The number of carboxylic acids is 1. The summed E-state index contributed by atoms with van der Waals surface area (Å²) in [6.07, 6.45) is 0.852. The minimum Gasteiger partial charge on any atom is -0.497 e. The monoisotopic (exact) mass is 572 g/mol. The van der Waals surface area contributed by atoms with E-state index in [1.807, 2.05) is 38.1 Å². The molecule has 5 nitrogen and oxygen atoms in total. The van der Waals surface area contributed by atoms with Crippen molar-refractivity contribution in [3.63, 3.8) is 0 Å². The van der Waals surface area contributed by atoms with Crippen molar-refractivity contribution in [2.24, 2.45) is 5.41 Å². The Kier molecular flexibility index (Phi) is 8.22. The van der Waals surface area contributed by atoms with Crippen LogP contribution in [0, 0.1) is 28.4 Å². The molecule has 39 heavy (non-hydrogen) atoms. The van der Waals surface area contributed by atoms with Crippen molar-refractivity contribution >= 4 is 29.2 Å². The lowest BCUT2D eigenvalue weighted by molar-refractivity contribution is -0.139. The molecule has 0 unspecified atom stereocenters. The van der Waals surface area contributed by atoms with Crippen molar-refractivity contribution in [2.45, 2.75) is 50.1 Å². The van der Waals surface area contributed by atoms with Gasteiger partial charge in [-0.2, -0.15) is 5.26 Å². The first-order chi connectivity index (χ1) is 18.4. The number of nitrogens with zero attached hydrogens (tertiary/aromatic N) is 1. The van der Waals surface area contributed by atoms with Crippen LogP contribution >= 0.6 is 23.2 Å². The Bertz CT molecular complexity index is 1420. The summed E-state index contributed by atoms with van der Waals surface area (Å²) in [6, 6.07) is 15.7. The average Bonchev–Trinajstić information content (AvgIpc) is 3.20. The number of ether oxygens (including phenoxy) is 1.